The molecule has 6 nitrogen and oxygen atoms in total. The molecule has 0 atom stereocenters. The summed E-state index contributed by atoms with van der Waals surface area (Å²) in [4.78, 5) is 31.1. The first-order chi connectivity index (χ1) is 17.4. The number of rotatable bonds is 9. The van der Waals surface area contributed by atoms with E-state index >= 15 is 0 Å². The molecule has 0 aliphatic heterocycles. The van der Waals surface area contributed by atoms with Crippen LogP contribution in [0.2, 0.25) is 0 Å². The van der Waals surface area contributed by atoms with E-state index in [1.165, 1.54) is 11.3 Å². The predicted octanol–water partition coefficient (Wildman–Crippen LogP) is 6.71. The molecule has 0 aliphatic carbocycles. The van der Waals surface area contributed by atoms with Gasteiger partial charge in [0.15, 0.2) is 10.9 Å². The van der Waals surface area contributed by atoms with Gasteiger partial charge in [0.2, 0.25) is 5.91 Å². The highest BCUT2D eigenvalue weighted by molar-refractivity contribution is 7.19. The van der Waals surface area contributed by atoms with Gasteiger partial charge in [0.05, 0.1) is 24.8 Å². The number of Topliss-reactive ketones (excluding diaryl/α,β-unsaturated/α-hetero) is 1. The number of anilines is 1. The number of carbonyl (C=O) groups excluding carboxylic acids is 2. The summed E-state index contributed by atoms with van der Waals surface area (Å²) >= 11 is 1.39. The zero-order valence-electron chi connectivity index (χ0n) is 20.8. The average molecular weight is 501 g/mol. The maximum atomic E-state index is 12.7. The first kappa shape index (κ1) is 25.1. The van der Waals surface area contributed by atoms with Crippen LogP contribution in [-0.2, 0) is 4.79 Å². The molecule has 4 aromatic rings. The first-order valence-electron chi connectivity index (χ1n) is 11.6. The minimum Gasteiger partial charge on any atom is -0.497 e. The predicted molar refractivity (Wildman–Crippen MR) is 144 cm³/mol. The summed E-state index contributed by atoms with van der Waals surface area (Å²) in [5.74, 6) is 1.23. The minimum absolute atomic E-state index is 0.0386. The van der Waals surface area contributed by atoms with Crippen LogP contribution in [0.1, 0.15) is 34.3 Å². The topological polar surface area (TPSA) is 77.5 Å². The van der Waals surface area contributed by atoms with Crippen LogP contribution in [0.3, 0.4) is 0 Å². The van der Waals surface area contributed by atoms with Crippen LogP contribution in [0.5, 0.6) is 11.5 Å². The summed E-state index contributed by atoms with van der Waals surface area (Å²) in [5, 5.41) is 3.37. The Balaban J connectivity index is 1.54. The van der Waals surface area contributed by atoms with E-state index < -0.39 is 0 Å². The molecule has 4 rings (SSSR count). The van der Waals surface area contributed by atoms with Crippen molar-refractivity contribution < 1.29 is 19.1 Å². The lowest BCUT2D eigenvalue weighted by molar-refractivity contribution is -0.116. The van der Waals surface area contributed by atoms with Crippen molar-refractivity contribution in [3.63, 3.8) is 0 Å². The molecule has 0 spiro atoms. The van der Waals surface area contributed by atoms with Crippen LogP contribution < -0.4 is 14.8 Å². The number of hydrogen-bond donors (Lipinski definition) is 1. The molecule has 0 saturated heterocycles. The lowest BCUT2D eigenvalue weighted by atomic mass is 9.99. The van der Waals surface area contributed by atoms with Crippen LogP contribution in [0.15, 0.2) is 66.7 Å². The quantitative estimate of drug-likeness (QED) is 0.258. The van der Waals surface area contributed by atoms with E-state index in [-0.39, 0.29) is 24.5 Å². The highest BCUT2D eigenvalue weighted by Gasteiger charge is 2.18. The minimum atomic E-state index is -0.245. The molecule has 1 N–H and O–H groups in total. The number of methoxy groups -OCH3 is 2. The van der Waals surface area contributed by atoms with Crippen LogP contribution in [0.25, 0.3) is 21.7 Å². The van der Waals surface area contributed by atoms with E-state index in [9.17, 15) is 9.59 Å². The number of ether oxygens (including phenoxy) is 2. The van der Waals surface area contributed by atoms with Crippen molar-refractivity contribution in [1.82, 2.24) is 4.98 Å². The Bertz CT molecular complexity index is 1310. The van der Waals surface area contributed by atoms with Gasteiger partial charge in [0.1, 0.15) is 11.5 Å². The third kappa shape index (κ3) is 5.80. The maximum absolute atomic E-state index is 12.7. The van der Waals surface area contributed by atoms with Gasteiger partial charge in [-0.2, -0.15) is 0 Å². The summed E-state index contributed by atoms with van der Waals surface area (Å²) in [6.45, 7) is 3.86. The van der Waals surface area contributed by atoms with Gasteiger partial charge in [-0.1, -0.05) is 29.0 Å². The molecule has 1 amide bonds. The summed E-state index contributed by atoms with van der Waals surface area (Å²) in [5.41, 5.74) is 5.23. The van der Waals surface area contributed by atoms with E-state index in [1.807, 2.05) is 80.6 Å². The van der Waals surface area contributed by atoms with Gasteiger partial charge >= 0.3 is 0 Å². The Labute approximate surface area is 214 Å². The fourth-order valence-electron chi connectivity index (χ4n) is 3.84. The second-order valence-electron chi connectivity index (χ2n) is 8.44. The van der Waals surface area contributed by atoms with Crippen molar-refractivity contribution in [2.75, 3.05) is 19.5 Å². The molecule has 1 aromatic heterocycles. The summed E-state index contributed by atoms with van der Waals surface area (Å²) < 4.78 is 10.6. The maximum Gasteiger partial charge on any atom is 0.226 e. The lowest BCUT2D eigenvalue weighted by Crippen LogP contribution is -2.13. The molecule has 0 aliphatic rings. The molecule has 184 valence electrons. The second kappa shape index (κ2) is 11.2. The van der Waals surface area contributed by atoms with Gasteiger partial charge in [0.25, 0.3) is 0 Å². The van der Waals surface area contributed by atoms with Crippen molar-refractivity contribution in [3.05, 3.63) is 83.4 Å². The molecule has 0 bridgehead atoms. The van der Waals surface area contributed by atoms with Gasteiger partial charge in [-0.15, -0.1) is 0 Å². The number of ketones is 1. The number of aromatic nitrogens is 1. The third-order valence-corrected chi connectivity index (χ3v) is 6.88. The molecule has 0 unspecified atom stereocenters. The number of amides is 1. The molecule has 0 fully saturated rings. The van der Waals surface area contributed by atoms with E-state index in [0.29, 0.717) is 10.7 Å². The lowest BCUT2D eigenvalue weighted by Gasteiger charge is -2.06. The SMILES string of the molecule is COc1ccc(-c2nc(NC(=O)CCC(=O)c3cc(C)ccc3C)sc2-c2ccc(OC)cc2)cc1. The van der Waals surface area contributed by atoms with Gasteiger partial charge in [0, 0.05) is 24.0 Å². The Morgan fingerprint density at radius 2 is 1.44 bits per heavy atom. The number of hydrogen-bond acceptors (Lipinski definition) is 6. The molecular weight excluding hydrogens is 472 g/mol. The number of benzene rings is 3. The molecule has 0 saturated carbocycles. The van der Waals surface area contributed by atoms with Crippen molar-refractivity contribution in [1.29, 1.82) is 0 Å². The van der Waals surface area contributed by atoms with Crippen molar-refractivity contribution >= 4 is 28.2 Å². The number of thiazole rings is 1. The van der Waals surface area contributed by atoms with Crippen LogP contribution in [-0.4, -0.2) is 30.9 Å². The zero-order chi connectivity index (χ0) is 25.7. The molecule has 3 aromatic carbocycles. The Kier molecular flexibility index (Phi) is 7.80. The van der Waals surface area contributed by atoms with Crippen LogP contribution >= 0.6 is 11.3 Å². The smallest absolute Gasteiger partial charge is 0.226 e. The normalized spacial score (nSPS) is 10.7. The van der Waals surface area contributed by atoms with E-state index in [4.69, 9.17) is 14.5 Å². The van der Waals surface area contributed by atoms with E-state index in [1.54, 1.807) is 14.2 Å². The summed E-state index contributed by atoms with van der Waals surface area (Å²) in [6.07, 6.45) is 0.222. The van der Waals surface area contributed by atoms with Gasteiger partial charge < -0.3 is 14.8 Å². The molecule has 1 heterocycles. The largest absolute Gasteiger partial charge is 0.497 e. The highest BCUT2D eigenvalue weighted by Crippen LogP contribution is 2.40. The second-order valence-corrected chi connectivity index (χ2v) is 9.44. The van der Waals surface area contributed by atoms with E-state index in [0.717, 1.165) is 44.3 Å². The average Bonchev–Trinajstić information content (AvgIpc) is 3.32. The standard InChI is InChI=1S/C29H28N2O4S/c1-18-5-6-19(2)24(17-18)25(32)15-16-26(33)30-29-31-27(20-7-11-22(34-3)12-8-20)28(36-29)21-9-13-23(35-4)14-10-21/h5-14,17H,15-16H2,1-4H3,(H,30,31,33). The first-order valence-corrected chi connectivity index (χ1v) is 12.4. The molecular formula is C29H28N2O4S. The van der Waals surface area contributed by atoms with Crippen LogP contribution in [0.4, 0.5) is 5.13 Å². The Hall–Kier alpha value is -3.97. The monoisotopic (exact) mass is 500 g/mol. The van der Waals surface area contributed by atoms with Gasteiger partial charge in [-0.05, 0) is 79.6 Å². The Morgan fingerprint density at radius 1 is 0.833 bits per heavy atom. The van der Waals surface area contributed by atoms with Gasteiger partial charge in [-0.3, -0.25) is 9.59 Å². The van der Waals surface area contributed by atoms with Crippen LogP contribution in [0, 0.1) is 13.8 Å². The number of carbonyl (C=O) groups is 2. The zero-order valence-corrected chi connectivity index (χ0v) is 21.6. The fraction of sp³-hybridized carbons (Fsp3) is 0.207. The molecule has 0 radical (unpaired) electrons. The number of aryl methyl sites for hydroxylation is 2. The molecule has 7 heteroatoms. The van der Waals surface area contributed by atoms with Gasteiger partial charge in [-0.25, -0.2) is 4.98 Å². The van der Waals surface area contributed by atoms with E-state index in [2.05, 4.69) is 5.32 Å². The fourth-order valence-corrected chi connectivity index (χ4v) is 4.85. The molecule has 36 heavy (non-hydrogen) atoms. The van der Waals surface area contributed by atoms with Crippen molar-refractivity contribution in [2.45, 2.75) is 26.7 Å². The Morgan fingerprint density at radius 3 is 2.06 bits per heavy atom. The summed E-state index contributed by atoms with van der Waals surface area (Å²) in [6, 6.07) is 21.1. The summed E-state index contributed by atoms with van der Waals surface area (Å²) in [7, 11) is 3.25. The highest BCUT2D eigenvalue weighted by atomic mass is 32.1. The van der Waals surface area contributed by atoms with Crippen molar-refractivity contribution in [3.8, 4) is 33.2 Å². The number of nitrogens with zero attached hydrogens (tertiary/aromatic N) is 1. The van der Waals surface area contributed by atoms with Crippen molar-refractivity contribution in [2.24, 2.45) is 0 Å². The number of nitrogens with one attached hydrogen (secondary N) is 1. The third-order valence-electron chi connectivity index (χ3n) is 5.86.